The van der Waals surface area contributed by atoms with Gasteiger partial charge in [0.2, 0.25) is 0 Å². The Bertz CT molecular complexity index is 388. The molecule has 2 atom stereocenters. The van der Waals surface area contributed by atoms with Gasteiger partial charge in [0.15, 0.2) is 0 Å². The fourth-order valence-electron chi connectivity index (χ4n) is 2.26. The van der Waals surface area contributed by atoms with Gasteiger partial charge in [0.1, 0.15) is 4.71 Å². The number of hydrogen-bond donors (Lipinski definition) is 1. The molecule has 1 saturated carbocycles. The lowest BCUT2D eigenvalue weighted by molar-refractivity contribution is 0.0175. The summed E-state index contributed by atoms with van der Waals surface area (Å²) in [4.78, 5) is 0.687. The predicted molar refractivity (Wildman–Crippen MR) is 70.5 cm³/mol. The van der Waals surface area contributed by atoms with Crippen molar-refractivity contribution in [2.24, 2.45) is 0 Å². The van der Waals surface area contributed by atoms with Gasteiger partial charge in [-0.05, 0) is 25.0 Å². The minimum Gasteiger partial charge on any atom is -0.387 e. The first kappa shape index (κ1) is 13.1. The first-order chi connectivity index (χ1) is 8.13. The van der Waals surface area contributed by atoms with Crippen LogP contribution in [0.2, 0.25) is 0 Å². The highest BCUT2D eigenvalue weighted by atomic mass is 35.5. The van der Waals surface area contributed by atoms with Crippen LogP contribution in [0, 0.1) is 0 Å². The van der Waals surface area contributed by atoms with Crippen molar-refractivity contribution in [3.8, 4) is 0 Å². The van der Waals surface area contributed by atoms with Gasteiger partial charge >= 0.3 is 0 Å². The summed E-state index contributed by atoms with van der Waals surface area (Å²) in [7, 11) is -1.35. The second-order valence-corrected chi connectivity index (χ2v) is 6.82. The van der Waals surface area contributed by atoms with E-state index in [1.807, 2.05) is 18.2 Å². The van der Waals surface area contributed by atoms with Gasteiger partial charge in [0.25, 0.3) is 0 Å². The fraction of sp³-hybridized carbons (Fsp3) is 0.538. The number of halogens is 1. The topological polar surface area (TPSA) is 37.3 Å². The van der Waals surface area contributed by atoms with Gasteiger partial charge in [-0.3, -0.25) is 4.21 Å². The highest BCUT2D eigenvalue weighted by Gasteiger charge is 2.40. The number of rotatable bonds is 3. The summed E-state index contributed by atoms with van der Waals surface area (Å²) in [5.74, 6) is 0. The highest BCUT2D eigenvalue weighted by molar-refractivity contribution is 7.87. The Kier molecular flexibility index (Phi) is 4.23. The molecule has 1 aliphatic carbocycles. The predicted octanol–water partition coefficient (Wildman–Crippen LogP) is 3.05. The van der Waals surface area contributed by atoms with E-state index in [0.717, 1.165) is 19.3 Å². The molecular formula is C13H17ClO2S. The average molecular weight is 273 g/mol. The molecule has 1 N–H and O–H groups in total. The molecule has 0 spiro atoms. The molecule has 0 radical (unpaired) electrons. The molecule has 2 rings (SSSR count). The van der Waals surface area contributed by atoms with Crippen LogP contribution >= 0.6 is 11.6 Å². The first-order valence-electron chi connectivity index (χ1n) is 5.95. The van der Waals surface area contributed by atoms with Crippen molar-refractivity contribution < 1.29 is 9.32 Å². The minimum absolute atomic E-state index is 0.653. The van der Waals surface area contributed by atoms with E-state index in [1.54, 1.807) is 12.1 Å². The smallest absolute Gasteiger partial charge is 0.142 e. The standard InChI is InChI=1S/C13H17ClO2S/c14-12(13(15)9-5-2-6-10-13)17(16)11-7-3-1-4-8-11/h1,3-4,7-8,12,15H,2,5-6,9-10H2/t12-,17-/m1/s1. The summed E-state index contributed by atoms with van der Waals surface area (Å²) in [5, 5.41) is 10.4. The van der Waals surface area contributed by atoms with E-state index in [0.29, 0.717) is 17.7 Å². The van der Waals surface area contributed by atoms with Crippen LogP contribution in [0.5, 0.6) is 0 Å². The molecule has 1 aromatic rings. The first-order valence-corrected chi connectivity index (χ1v) is 7.60. The van der Waals surface area contributed by atoms with E-state index in [9.17, 15) is 9.32 Å². The monoisotopic (exact) mass is 272 g/mol. The van der Waals surface area contributed by atoms with Crippen molar-refractivity contribution >= 4 is 22.4 Å². The van der Waals surface area contributed by atoms with Crippen LogP contribution in [0.25, 0.3) is 0 Å². The Morgan fingerprint density at radius 1 is 1.18 bits per heavy atom. The summed E-state index contributed by atoms with van der Waals surface area (Å²) < 4.78 is 11.6. The Balaban J connectivity index is 2.14. The molecule has 1 aliphatic rings. The van der Waals surface area contributed by atoms with Crippen molar-refractivity contribution in [2.45, 2.75) is 47.3 Å². The molecule has 0 bridgehead atoms. The molecule has 0 unspecified atom stereocenters. The van der Waals surface area contributed by atoms with Gasteiger partial charge in [0.05, 0.1) is 16.4 Å². The van der Waals surface area contributed by atoms with Gasteiger partial charge in [-0.1, -0.05) is 37.5 Å². The molecule has 4 heteroatoms. The fourth-order valence-corrected chi connectivity index (χ4v) is 4.09. The minimum atomic E-state index is -1.35. The second kappa shape index (κ2) is 5.51. The van der Waals surface area contributed by atoms with Gasteiger partial charge in [0, 0.05) is 4.90 Å². The van der Waals surface area contributed by atoms with Crippen LogP contribution in [-0.2, 0) is 10.8 Å². The Morgan fingerprint density at radius 3 is 2.35 bits per heavy atom. The number of aliphatic hydroxyl groups is 1. The molecule has 0 saturated heterocycles. The molecule has 2 nitrogen and oxygen atoms in total. The summed E-state index contributed by atoms with van der Waals surface area (Å²) in [5.41, 5.74) is -0.972. The summed E-state index contributed by atoms with van der Waals surface area (Å²) in [6, 6.07) is 9.12. The molecule has 0 aromatic heterocycles. The lowest BCUT2D eigenvalue weighted by Gasteiger charge is -2.35. The summed E-state index contributed by atoms with van der Waals surface area (Å²) >= 11 is 6.24. The highest BCUT2D eigenvalue weighted by Crippen LogP contribution is 2.36. The van der Waals surface area contributed by atoms with E-state index >= 15 is 0 Å². The third kappa shape index (κ3) is 2.90. The Morgan fingerprint density at radius 2 is 1.76 bits per heavy atom. The molecule has 17 heavy (non-hydrogen) atoms. The van der Waals surface area contributed by atoms with Gasteiger partial charge in [-0.25, -0.2) is 0 Å². The molecule has 0 aliphatic heterocycles. The van der Waals surface area contributed by atoms with E-state index in [4.69, 9.17) is 11.6 Å². The maximum atomic E-state index is 12.3. The van der Waals surface area contributed by atoms with Crippen molar-refractivity contribution in [2.75, 3.05) is 0 Å². The van der Waals surface area contributed by atoms with Crippen LogP contribution in [0.3, 0.4) is 0 Å². The SMILES string of the molecule is O=[S@](c1ccccc1)[C@@H](Cl)C1(O)CCCCC1. The normalized spacial score (nSPS) is 22.9. The second-order valence-electron chi connectivity index (χ2n) is 4.59. The van der Waals surface area contributed by atoms with Gasteiger partial charge in [-0.15, -0.1) is 11.6 Å². The maximum absolute atomic E-state index is 12.3. The van der Waals surface area contributed by atoms with Crippen molar-refractivity contribution in [1.29, 1.82) is 0 Å². The van der Waals surface area contributed by atoms with E-state index in [1.165, 1.54) is 0 Å². The molecule has 0 heterocycles. The number of benzene rings is 1. The van der Waals surface area contributed by atoms with Crippen LogP contribution in [0.1, 0.15) is 32.1 Å². The lowest BCUT2D eigenvalue weighted by Crippen LogP contribution is -2.43. The summed E-state index contributed by atoms with van der Waals surface area (Å²) in [6.07, 6.45) is 4.36. The van der Waals surface area contributed by atoms with Crippen molar-refractivity contribution in [3.63, 3.8) is 0 Å². The number of alkyl halides is 1. The zero-order valence-electron chi connectivity index (χ0n) is 9.64. The lowest BCUT2D eigenvalue weighted by atomic mass is 9.86. The van der Waals surface area contributed by atoms with Crippen LogP contribution in [0.4, 0.5) is 0 Å². The third-order valence-electron chi connectivity index (χ3n) is 3.31. The molecule has 1 aromatic carbocycles. The van der Waals surface area contributed by atoms with Gasteiger partial charge in [-0.2, -0.15) is 0 Å². The maximum Gasteiger partial charge on any atom is 0.142 e. The molecule has 94 valence electrons. The quantitative estimate of drug-likeness (QED) is 0.859. The largest absolute Gasteiger partial charge is 0.387 e. The van der Waals surface area contributed by atoms with Crippen molar-refractivity contribution in [1.82, 2.24) is 0 Å². The molecular weight excluding hydrogens is 256 g/mol. The van der Waals surface area contributed by atoms with Crippen molar-refractivity contribution in [3.05, 3.63) is 30.3 Å². The van der Waals surface area contributed by atoms with Crippen LogP contribution in [-0.4, -0.2) is 19.6 Å². The van der Waals surface area contributed by atoms with E-state index in [-0.39, 0.29) is 0 Å². The Hall–Kier alpha value is -0.380. The zero-order valence-corrected chi connectivity index (χ0v) is 11.2. The van der Waals surface area contributed by atoms with E-state index in [2.05, 4.69) is 0 Å². The summed E-state index contributed by atoms with van der Waals surface area (Å²) in [6.45, 7) is 0. The zero-order chi connectivity index (χ0) is 12.3. The van der Waals surface area contributed by atoms with Gasteiger partial charge < -0.3 is 5.11 Å². The average Bonchev–Trinajstić information content (AvgIpc) is 2.39. The number of hydrogen-bond acceptors (Lipinski definition) is 2. The molecule has 0 amide bonds. The van der Waals surface area contributed by atoms with Crippen LogP contribution < -0.4 is 0 Å². The third-order valence-corrected chi connectivity index (χ3v) is 5.75. The van der Waals surface area contributed by atoms with E-state index < -0.39 is 21.1 Å². The Labute approximate surface area is 109 Å². The molecule has 1 fully saturated rings. The van der Waals surface area contributed by atoms with Crippen LogP contribution in [0.15, 0.2) is 35.2 Å².